The molecule has 0 bridgehead atoms. The maximum atomic E-state index is 6.03. The molecule has 1 atom stereocenters. The number of rotatable bonds is 1. The van der Waals surface area contributed by atoms with Crippen LogP contribution < -0.4 is 5.32 Å². The minimum Gasteiger partial charge on any atom is -0.310 e. The maximum absolute atomic E-state index is 6.03. The van der Waals surface area contributed by atoms with Crippen molar-refractivity contribution in [1.82, 2.24) is 10.3 Å². The van der Waals surface area contributed by atoms with Gasteiger partial charge in [0, 0.05) is 17.8 Å². The lowest BCUT2D eigenvalue weighted by Gasteiger charge is -2.12. The second kappa shape index (κ2) is 3.64. The summed E-state index contributed by atoms with van der Waals surface area (Å²) < 4.78 is 0. The predicted octanol–water partition coefficient (Wildman–Crippen LogP) is 2.47. The van der Waals surface area contributed by atoms with Crippen molar-refractivity contribution in [2.75, 3.05) is 6.54 Å². The lowest BCUT2D eigenvalue weighted by Crippen LogP contribution is -2.13. The van der Waals surface area contributed by atoms with Crippen LogP contribution in [0.4, 0.5) is 0 Å². The lowest BCUT2D eigenvalue weighted by molar-refractivity contribution is 0.644. The molecule has 0 aliphatic carbocycles. The Morgan fingerprint density at radius 2 is 2.46 bits per heavy atom. The van der Waals surface area contributed by atoms with Gasteiger partial charge in [-0.2, -0.15) is 0 Å². The Hall–Kier alpha value is -0.600. The van der Waals surface area contributed by atoms with Gasteiger partial charge in [0.25, 0.3) is 0 Å². The highest BCUT2D eigenvalue weighted by Gasteiger charge is 2.19. The fourth-order valence-electron chi connectivity index (χ4n) is 1.77. The van der Waals surface area contributed by atoms with E-state index in [4.69, 9.17) is 11.6 Å². The summed E-state index contributed by atoms with van der Waals surface area (Å²) in [6.45, 7) is 3.14. The summed E-state index contributed by atoms with van der Waals surface area (Å²) >= 11 is 6.03. The molecule has 0 radical (unpaired) electrons. The standard InChI is InChI=1S/C10H13ClN2/c1-7-5-8(10(11)13-6-7)9-3-2-4-12-9/h5-6,9,12H,2-4H2,1H3. The largest absolute Gasteiger partial charge is 0.310 e. The zero-order chi connectivity index (χ0) is 9.26. The predicted molar refractivity (Wildman–Crippen MR) is 54.0 cm³/mol. The zero-order valence-electron chi connectivity index (χ0n) is 7.68. The van der Waals surface area contributed by atoms with Gasteiger partial charge in [0.1, 0.15) is 5.15 Å². The van der Waals surface area contributed by atoms with Crippen molar-refractivity contribution in [2.45, 2.75) is 25.8 Å². The Labute approximate surface area is 83.3 Å². The normalized spacial score (nSPS) is 22.2. The van der Waals surface area contributed by atoms with Gasteiger partial charge in [-0.05, 0) is 37.9 Å². The molecule has 1 aliphatic rings. The molecular weight excluding hydrogens is 184 g/mol. The van der Waals surface area contributed by atoms with Crippen LogP contribution in [0, 0.1) is 6.92 Å². The molecule has 1 aromatic rings. The number of nitrogens with zero attached hydrogens (tertiary/aromatic N) is 1. The van der Waals surface area contributed by atoms with Crippen LogP contribution in [0.1, 0.15) is 30.0 Å². The SMILES string of the molecule is Cc1cnc(Cl)c(C2CCCN2)c1. The Balaban J connectivity index is 2.32. The van der Waals surface area contributed by atoms with E-state index in [0.29, 0.717) is 11.2 Å². The van der Waals surface area contributed by atoms with E-state index >= 15 is 0 Å². The van der Waals surface area contributed by atoms with Gasteiger partial charge in [0.2, 0.25) is 0 Å². The topological polar surface area (TPSA) is 24.9 Å². The van der Waals surface area contributed by atoms with Crippen molar-refractivity contribution < 1.29 is 0 Å². The van der Waals surface area contributed by atoms with Crippen LogP contribution in [0.5, 0.6) is 0 Å². The van der Waals surface area contributed by atoms with E-state index in [0.717, 1.165) is 12.1 Å². The van der Waals surface area contributed by atoms with Gasteiger partial charge in [0.15, 0.2) is 0 Å². The summed E-state index contributed by atoms with van der Waals surface area (Å²) in [5, 5.41) is 4.06. The van der Waals surface area contributed by atoms with Crippen molar-refractivity contribution in [2.24, 2.45) is 0 Å². The summed E-state index contributed by atoms with van der Waals surface area (Å²) in [6, 6.07) is 2.54. The summed E-state index contributed by atoms with van der Waals surface area (Å²) in [6.07, 6.45) is 4.21. The fourth-order valence-corrected chi connectivity index (χ4v) is 2.00. The number of pyridine rings is 1. The van der Waals surface area contributed by atoms with Crippen molar-refractivity contribution in [3.05, 3.63) is 28.5 Å². The van der Waals surface area contributed by atoms with Crippen LogP contribution in [-0.2, 0) is 0 Å². The molecule has 13 heavy (non-hydrogen) atoms. The number of hydrogen-bond acceptors (Lipinski definition) is 2. The summed E-state index contributed by atoms with van der Waals surface area (Å²) in [5.41, 5.74) is 2.33. The Morgan fingerprint density at radius 1 is 1.62 bits per heavy atom. The first-order chi connectivity index (χ1) is 6.27. The Morgan fingerprint density at radius 3 is 3.15 bits per heavy atom. The van der Waals surface area contributed by atoms with Gasteiger partial charge in [-0.15, -0.1) is 0 Å². The molecule has 0 spiro atoms. The highest BCUT2D eigenvalue weighted by atomic mass is 35.5. The highest BCUT2D eigenvalue weighted by Crippen LogP contribution is 2.28. The number of aromatic nitrogens is 1. The van der Waals surface area contributed by atoms with E-state index < -0.39 is 0 Å². The van der Waals surface area contributed by atoms with Crippen molar-refractivity contribution >= 4 is 11.6 Å². The van der Waals surface area contributed by atoms with Crippen molar-refractivity contribution in [3.63, 3.8) is 0 Å². The molecule has 2 heterocycles. The van der Waals surface area contributed by atoms with Crippen LogP contribution in [0.25, 0.3) is 0 Å². The summed E-state index contributed by atoms with van der Waals surface area (Å²) in [4.78, 5) is 4.15. The fraction of sp³-hybridized carbons (Fsp3) is 0.500. The number of aryl methyl sites for hydroxylation is 1. The molecule has 0 aromatic carbocycles. The molecule has 1 unspecified atom stereocenters. The molecule has 1 saturated heterocycles. The molecule has 3 heteroatoms. The van der Waals surface area contributed by atoms with E-state index in [1.165, 1.54) is 18.4 Å². The summed E-state index contributed by atoms with van der Waals surface area (Å²) in [7, 11) is 0. The van der Waals surface area contributed by atoms with E-state index in [1.54, 1.807) is 6.20 Å². The maximum Gasteiger partial charge on any atom is 0.133 e. The molecule has 0 saturated carbocycles. The first kappa shape index (κ1) is 8.97. The molecule has 1 aromatic heterocycles. The monoisotopic (exact) mass is 196 g/mol. The zero-order valence-corrected chi connectivity index (χ0v) is 8.43. The van der Waals surface area contributed by atoms with Gasteiger partial charge in [-0.3, -0.25) is 0 Å². The van der Waals surface area contributed by atoms with Gasteiger partial charge < -0.3 is 5.32 Å². The lowest BCUT2D eigenvalue weighted by atomic mass is 10.1. The number of nitrogens with one attached hydrogen (secondary N) is 1. The van der Waals surface area contributed by atoms with E-state index in [9.17, 15) is 0 Å². The molecule has 1 aliphatic heterocycles. The smallest absolute Gasteiger partial charge is 0.133 e. The third-order valence-electron chi connectivity index (χ3n) is 2.44. The second-order valence-electron chi connectivity index (χ2n) is 3.54. The molecule has 1 fully saturated rings. The van der Waals surface area contributed by atoms with Gasteiger partial charge in [0.05, 0.1) is 0 Å². The molecule has 2 rings (SSSR count). The number of halogens is 1. The number of hydrogen-bond donors (Lipinski definition) is 1. The van der Waals surface area contributed by atoms with Gasteiger partial charge in [-0.1, -0.05) is 11.6 Å². The quantitative estimate of drug-likeness (QED) is 0.699. The third kappa shape index (κ3) is 1.84. The van der Waals surface area contributed by atoms with Gasteiger partial charge in [-0.25, -0.2) is 4.98 Å². The van der Waals surface area contributed by atoms with Crippen LogP contribution in [0.15, 0.2) is 12.3 Å². The van der Waals surface area contributed by atoms with Crippen molar-refractivity contribution in [3.8, 4) is 0 Å². The average molecular weight is 197 g/mol. The van der Waals surface area contributed by atoms with Crippen LogP contribution in [0.2, 0.25) is 5.15 Å². The summed E-state index contributed by atoms with van der Waals surface area (Å²) in [5.74, 6) is 0. The average Bonchev–Trinajstić information content (AvgIpc) is 2.61. The van der Waals surface area contributed by atoms with E-state index in [-0.39, 0.29) is 0 Å². The second-order valence-corrected chi connectivity index (χ2v) is 3.90. The van der Waals surface area contributed by atoms with Gasteiger partial charge >= 0.3 is 0 Å². The van der Waals surface area contributed by atoms with Crippen molar-refractivity contribution in [1.29, 1.82) is 0 Å². The van der Waals surface area contributed by atoms with E-state index in [2.05, 4.69) is 16.4 Å². The van der Waals surface area contributed by atoms with E-state index in [1.807, 2.05) is 6.92 Å². The van der Waals surface area contributed by atoms with Crippen LogP contribution in [0.3, 0.4) is 0 Å². The Bertz CT molecular complexity index is 306. The third-order valence-corrected chi connectivity index (χ3v) is 2.75. The first-order valence-electron chi connectivity index (χ1n) is 4.63. The minimum atomic E-state index is 0.417. The Kier molecular flexibility index (Phi) is 2.51. The molecule has 1 N–H and O–H groups in total. The highest BCUT2D eigenvalue weighted by molar-refractivity contribution is 6.30. The van der Waals surface area contributed by atoms with Crippen LogP contribution in [-0.4, -0.2) is 11.5 Å². The molecule has 70 valence electrons. The van der Waals surface area contributed by atoms with Crippen LogP contribution >= 0.6 is 11.6 Å². The molecule has 0 amide bonds. The molecule has 2 nitrogen and oxygen atoms in total. The molecular formula is C10H13ClN2. The minimum absolute atomic E-state index is 0.417. The first-order valence-corrected chi connectivity index (χ1v) is 5.00.